The molecule has 0 bridgehead atoms. The van der Waals surface area contributed by atoms with Crippen molar-refractivity contribution in [3.63, 3.8) is 0 Å². The number of carbonyl (C=O) groups is 1. The molecule has 3 nitrogen and oxygen atoms in total. The summed E-state index contributed by atoms with van der Waals surface area (Å²) in [6.45, 7) is 2.37. The Balaban J connectivity index is 1.87. The number of nitrogens with one attached hydrogen (secondary N) is 1. The molecule has 0 aromatic heterocycles. The van der Waals surface area contributed by atoms with E-state index < -0.39 is 0 Å². The predicted molar refractivity (Wildman–Crippen MR) is 63.2 cm³/mol. The summed E-state index contributed by atoms with van der Waals surface area (Å²) in [5, 5.41) is 3.53. The first-order valence-electron chi connectivity index (χ1n) is 6.74. The lowest BCUT2D eigenvalue weighted by atomic mass is 9.79. The fraction of sp³-hybridized carbons (Fsp3) is 0.923. The van der Waals surface area contributed by atoms with Crippen LogP contribution in [0.25, 0.3) is 0 Å². The van der Waals surface area contributed by atoms with E-state index in [2.05, 4.69) is 5.32 Å². The van der Waals surface area contributed by atoms with E-state index in [-0.39, 0.29) is 12.0 Å². The van der Waals surface area contributed by atoms with Gasteiger partial charge in [0, 0.05) is 6.04 Å². The monoisotopic (exact) mass is 225 g/mol. The molecule has 0 amide bonds. The Labute approximate surface area is 97.9 Å². The van der Waals surface area contributed by atoms with Crippen molar-refractivity contribution >= 4 is 5.97 Å². The number of rotatable bonds is 5. The second-order valence-electron chi connectivity index (χ2n) is 5.07. The van der Waals surface area contributed by atoms with Crippen molar-refractivity contribution in [1.29, 1.82) is 0 Å². The van der Waals surface area contributed by atoms with Crippen molar-refractivity contribution < 1.29 is 9.53 Å². The van der Waals surface area contributed by atoms with Crippen LogP contribution < -0.4 is 5.32 Å². The molecule has 0 radical (unpaired) electrons. The largest absolute Gasteiger partial charge is 0.465 e. The quantitative estimate of drug-likeness (QED) is 0.729. The number of carbonyl (C=O) groups excluding carboxylic acids is 1. The standard InChI is InChI=1S/C13H23NO2/c1-2-16-13(15)12(10-6-5-7-10)14-11-8-3-4-9-11/h10-12,14H,2-9H2,1H3. The van der Waals surface area contributed by atoms with Crippen LogP contribution in [0, 0.1) is 5.92 Å². The van der Waals surface area contributed by atoms with Gasteiger partial charge in [-0.25, -0.2) is 0 Å². The van der Waals surface area contributed by atoms with Gasteiger partial charge in [-0.2, -0.15) is 0 Å². The van der Waals surface area contributed by atoms with Crippen LogP contribution in [0.3, 0.4) is 0 Å². The maximum Gasteiger partial charge on any atom is 0.323 e. The molecule has 2 saturated carbocycles. The fourth-order valence-electron chi connectivity index (χ4n) is 2.75. The van der Waals surface area contributed by atoms with Crippen molar-refractivity contribution in [2.24, 2.45) is 5.92 Å². The highest BCUT2D eigenvalue weighted by Gasteiger charge is 2.35. The minimum atomic E-state index is -0.0307. The van der Waals surface area contributed by atoms with Crippen LogP contribution in [0.4, 0.5) is 0 Å². The molecule has 16 heavy (non-hydrogen) atoms. The minimum Gasteiger partial charge on any atom is -0.465 e. The smallest absolute Gasteiger partial charge is 0.323 e. The fourth-order valence-corrected chi connectivity index (χ4v) is 2.75. The van der Waals surface area contributed by atoms with Gasteiger partial charge in [0.25, 0.3) is 0 Å². The average molecular weight is 225 g/mol. The molecular weight excluding hydrogens is 202 g/mol. The first kappa shape index (κ1) is 11.9. The third kappa shape index (κ3) is 2.76. The summed E-state index contributed by atoms with van der Waals surface area (Å²) in [6.07, 6.45) is 8.69. The second kappa shape index (κ2) is 5.67. The van der Waals surface area contributed by atoms with Crippen LogP contribution >= 0.6 is 0 Å². The van der Waals surface area contributed by atoms with Crippen molar-refractivity contribution in [3.05, 3.63) is 0 Å². The van der Waals surface area contributed by atoms with Gasteiger partial charge in [0.1, 0.15) is 6.04 Å². The van der Waals surface area contributed by atoms with E-state index in [1.165, 1.54) is 44.9 Å². The van der Waals surface area contributed by atoms with Crippen LogP contribution in [0.2, 0.25) is 0 Å². The molecule has 92 valence electrons. The van der Waals surface area contributed by atoms with Crippen LogP contribution in [0.15, 0.2) is 0 Å². The van der Waals surface area contributed by atoms with E-state index in [9.17, 15) is 4.79 Å². The first-order valence-corrected chi connectivity index (χ1v) is 6.74. The zero-order chi connectivity index (χ0) is 11.4. The predicted octanol–water partition coefficient (Wildman–Crippen LogP) is 2.25. The van der Waals surface area contributed by atoms with Crippen LogP contribution in [-0.2, 0) is 9.53 Å². The molecular formula is C13H23NO2. The van der Waals surface area contributed by atoms with Gasteiger partial charge in [0.2, 0.25) is 0 Å². The summed E-state index contributed by atoms with van der Waals surface area (Å²) >= 11 is 0. The normalized spacial score (nSPS) is 24.1. The van der Waals surface area contributed by atoms with Gasteiger partial charge in [-0.1, -0.05) is 19.3 Å². The van der Waals surface area contributed by atoms with Gasteiger partial charge >= 0.3 is 5.97 Å². The van der Waals surface area contributed by atoms with E-state index in [0.717, 1.165) is 0 Å². The number of hydrogen-bond acceptors (Lipinski definition) is 3. The zero-order valence-corrected chi connectivity index (χ0v) is 10.2. The lowest BCUT2D eigenvalue weighted by molar-refractivity contribution is -0.148. The number of ether oxygens (including phenoxy) is 1. The van der Waals surface area contributed by atoms with Crippen LogP contribution in [-0.4, -0.2) is 24.7 Å². The van der Waals surface area contributed by atoms with Gasteiger partial charge in [-0.05, 0) is 38.5 Å². The summed E-state index contributed by atoms with van der Waals surface area (Å²) in [5.41, 5.74) is 0. The molecule has 2 rings (SSSR count). The van der Waals surface area contributed by atoms with Crippen molar-refractivity contribution in [3.8, 4) is 0 Å². The Hall–Kier alpha value is -0.570. The van der Waals surface area contributed by atoms with Gasteiger partial charge in [-0.3, -0.25) is 4.79 Å². The summed E-state index contributed by atoms with van der Waals surface area (Å²) in [4.78, 5) is 11.9. The minimum absolute atomic E-state index is 0.0286. The van der Waals surface area contributed by atoms with Gasteiger partial charge < -0.3 is 10.1 Å². The Bertz CT molecular complexity index is 232. The summed E-state index contributed by atoms with van der Waals surface area (Å²) < 4.78 is 5.17. The Morgan fingerprint density at radius 3 is 2.44 bits per heavy atom. The lowest BCUT2D eigenvalue weighted by Gasteiger charge is -2.34. The topological polar surface area (TPSA) is 38.3 Å². The molecule has 0 spiro atoms. The SMILES string of the molecule is CCOC(=O)C(NC1CCCC1)C1CCC1. The lowest BCUT2D eigenvalue weighted by Crippen LogP contribution is -2.49. The van der Waals surface area contributed by atoms with Crippen molar-refractivity contribution in [2.45, 2.75) is 64.0 Å². The third-order valence-electron chi connectivity index (χ3n) is 3.93. The number of hydrogen-bond donors (Lipinski definition) is 1. The Morgan fingerprint density at radius 2 is 1.94 bits per heavy atom. The molecule has 0 aromatic rings. The molecule has 1 atom stereocenters. The van der Waals surface area contributed by atoms with Crippen molar-refractivity contribution in [2.75, 3.05) is 6.61 Å². The van der Waals surface area contributed by atoms with Crippen LogP contribution in [0.1, 0.15) is 51.9 Å². The maximum absolute atomic E-state index is 11.9. The molecule has 1 N–H and O–H groups in total. The average Bonchev–Trinajstić information content (AvgIpc) is 2.67. The summed E-state index contributed by atoms with van der Waals surface area (Å²) in [5.74, 6) is 0.499. The molecule has 2 fully saturated rings. The van der Waals surface area contributed by atoms with E-state index in [1.807, 2.05) is 6.92 Å². The number of esters is 1. The molecule has 2 aliphatic carbocycles. The van der Waals surface area contributed by atoms with E-state index >= 15 is 0 Å². The molecule has 0 heterocycles. The molecule has 0 aromatic carbocycles. The molecule has 0 saturated heterocycles. The van der Waals surface area contributed by atoms with Gasteiger partial charge in [-0.15, -0.1) is 0 Å². The second-order valence-corrected chi connectivity index (χ2v) is 5.07. The summed E-state index contributed by atoms with van der Waals surface area (Å²) in [7, 11) is 0. The van der Waals surface area contributed by atoms with Crippen molar-refractivity contribution in [1.82, 2.24) is 5.32 Å². The third-order valence-corrected chi connectivity index (χ3v) is 3.93. The van der Waals surface area contributed by atoms with Gasteiger partial charge in [0.05, 0.1) is 6.61 Å². The zero-order valence-electron chi connectivity index (χ0n) is 10.2. The molecule has 0 aliphatic heterocycles. The van der Waals surface area contributed by atoms with E-state index in [0.29, 0.717) is 18.6 Å². The van der Waals surface area contributed by atoms with E-state index in [4.69, 9.17) is 4.74 Å². The summed E-state index contributed by atoms with van der Waals surface area (Å²) in [6, 6.07) is 0.520. The van der Waals surface area contributed by atoms with Crippen LogP contribution in [0.5, 0.6) is 0 Å². The Kier molecular flexibility index (Phi) is 4.22. The molecule has 2 aliphatic rings. The Morgan fingerprint density at radius 1 is 1.25 bits per heavy atom. The molecule has 3 heteroatoms. The molecule has 1 unspecified atom stereocenters. The van der Waals surface area contributed by atoms with Gasteiger partial charge in [0.15, 0.2) is 0 Å². The highest BCUT2D eigenvalue weighted by molar-refractivity contribution is 5.76. The highest BCUT2D eigenvalue weighted by Crippen LogP contribution is 2.31. The first-order chi connectivity index (χ1) is 7.81. The highest BCUT2D eigenvalue weighted by atomic mass is 16.5. The maximum atomic E-state index is 11.9. The van der Waals surface area contributed by atoms with E-state index in [1.54, 1.807) is 0 Å².